The smallest absolute Gasteiger partial charge is 0.257 e. The molecule has 0 atom stereocenters. The third-order valence-electron chi connectivity index (χ3n) is 4.03. The van der Waals surface area contributed by atoms with Crippen LogP contribution in [0.5, 0.6) is 0 Å². The van der Waals surface area contributed by atoms with Crippen LogP contribution in [0.1, 0.15) is 41.4 Å². The summed E-state index contributed by atoms with van der Waals surface area (Å²) in [7, 11) is 0. The molecule has 0 spiro atoms. The van der Waals surface area contributed by atoms with E-state index in [9.17, 15) is 4.79 Å². The average Bonchev–Trinajstić information content (AvgIpc) is 2.67. The van der Waals surface area contributed by atoms with Crippen molar-refractivity contribution in [3.05, 3.63) is 83.9 Å². The van der Waals surface area contributed by atoms with E-state index in [1.54, 1.807) is 24.7 Å². The highest BCUT2D eigenvalue weighted by Gasteiger charge is 2.11. The summed E-state index contributed by atoms with van der Waals surface area (Å²) in [5.74, 6) is 0.156. The molecule has 3 aromatic rings. The van der Waals surface area contributed by atoms with Crippen LogP contribution in [0.2, 0.25) is 0 Å². The number of rotatable bonds is 6. The van der Waals surface area contributed by atoms with E-state index >= 15 is 0 Å². The van der Waals surface area contributed by atoms with Gasteiger partial charge in [0.1, 0.15) is 0 Å². The normalized spacial score (nSPS) is 10.6. The van der Waals surface area contributed by atoms with Crippen molar-refractivity contribution < 1.29 is 4.79 Å². The molecule has 5 nitrogen and oxygen atoms in total. The fourth-order valence-corrected chi connectivity index (χ4v) is 2.66. The molecule has 5 heteroatoms. The average molecular weight is 346 g/mol. The Bertz CT molecular complexity index is 878. The minimum atomic E-state index is -0.174. The van der Waals surface area contributed by atoms with Crippen molar-refractivity contribution in [2.45, 2.75) is 26.3 Å². The summed E-state index contributed by atoms with van der Waals surface area (Å²) in [6, 6.07) is 15.4. The first-order valence-corrected chi connectivity index (χ1v) is 8.62. The van der Waals surface area contributed by atoms with Crippen molar-refractivity contribution in [2.24, 2.45) is 0 Å². The molecule has 2 N–H and O–H groups in total. The zero-order chi connectivity index (χ0) is 18.4. The Morgan fingerprint density at radius 3 is 2.65 bits per heavy atom. The maximum atomic E-state index is 12.6. The van der Waals surface area contributed by atoms with Crippen molar-refractivity contribution >= 4 is 17.3 Å². The maximum absolute atomic E-state index is 12.6. The number of para-hydroxylation sites is 1. The summed E-state index contributed by atoms with van der Waals surface area (Å²) in [5.41, 5.74) is 4.15. The molecular formula is C21H22N4O. The molecule has 0 saturated heterocycles. The van der Waals surface area contributed by atoms with Gasteiger partial charge in [0.25, 0.3) is 5.91 Å². The second-order valence-electron chi connectivity index (χ2n) is 6.33. The number of anilines is 2. The first-order chi connectivity index (χ1) is 12.6. The topological polar surface area (TPSA) is 66.9 Å². The number of amides is 1. The number of carbonyl (C=O) groups is 1. The fraction of sp³-hybridized carbons (Fsp3) is 0.190. The molecule has 132 valence electrons. The van der Waals surface area contributed by atoms with Crippen molar-refractivity contribution in [3.8, 4) is 0 Å². The van der Waals surface area contributed by atoms with Crippen LogP contribution < -0.4 is 10.6 Å². The van der Waals surface area contributed by atoms with Gasteiger partial charge in [-0.15, -0.1) is 0 Å². The second-order valence-corrected chi connectivity index (χ2v) is 6.33. The Labute approximate surface area is 153 Å². The third kappa shape index (κ3) is 4.45. The summed E-state index contributed by atoms with van der Waals surface area (Å²) in [4.78, 5) is 21.1. The Morgan fingerprint density at radius 2 is 1.88 bits per heavy atom. The number of aromatic nitrogens is 2. The van der Waals surface area contributed by atoms with Crippen LogP contribution in [0, 0.1) is 0 Å². The largest absolute Gasteiger partial charge is 0.378 e. The van der Waals surface area contributed by atoms with Crippen LogP contribution in [0.15, 0.2) is 67.1 Å². The molecule has 0 radical (unpaired) electrons. The highest BCUT2D eigenvalue weighted by Crippen LogP contribution is 2.24. The molecule has 0 aliphatic rings. The lowest BCUT2D eigenvalue weighted by Gasteiger charge is -2.14. The van der Waals surface area contributed by atoms with Gasteiger partial charge in [-0.05, 0) is 35.7 Å². The Balaban J connectivity index is 1.70. The molecule has 0 fully saturated rings. The van der Waals surface area contributed by atoms with Crippen LogP contribution in [0.25, 0.3) is 0 Å². The lowest BCUT2D eigenvalue weighted by molar-refractivity contribution is 0.102. The number of carbonyl (C=O) groups excluding carboxylic acids is 1. The molecule has 1 amide bonds. The van der Waals surface area contributed by atoms with Gasteiger partial charge in [0.05, 0.1) is 23.5 Å². The Kier molecular flexibility index (Phi) is 5.59. The molecule has 0 aliphatic carbocycles. The minimum Gasteiger partial charge on any atom is -0.378 e. The second kappa shape index (κ2) is 8.25. The SMILES string of the molecule is CC(C)c1ccccc1NC(=O)c1cncc(NCc2ccccn2)c1. The standard InChI is InChI=1S/C21H22N4O/c1-15(2)19-8-3-4-9-20(19)25-21(26)16-11-18(13-22-12-16)24-14-17-7-5-6-10-23-17/h3-13,15,24H,14H2,1-2H3,(H,25,26). The van der Waals surface area contributed by atoms with Crippen molar-refractivity contribution in [1.82, 2.24) is 9.97 Å². The van der Waals surface area contributed by atoms with Crippen LogP contribution >= 0.6 is 0 Å². The van der Waals surface area contributed by atoms with Gasteiger partial charge in [-0.1, -0.05) is 38.1 Å². The summed E-state index contributed by atoms with van der Waals surface area (Å²) in [6.45, 7) is 4.78. The van der Waals surface area contributed by atoms with E-state index in [-0.39, 0.29) is 5.91 Å². The van der Waals surface area contributed by atoms with E-state index in [4.69, 9.17) is 0 Å². The summed E-state index contributed by atoms with van der Waals surface area (Å²) >= 11 is 0. The predicted molar refractivity (Wildman–Crippen MR) is 104 cm³/mol. The Hall–Kier alpha value is -3.21. The van der Waals surface area contributed by atoms with E-state index in [0.29, 0.717) is 18.0 Å². The van der Waals surface area contributed by atoms with E-state index in [1.165, 1.54) is 0 Å². The Morgan fingerprint density at radius 1 is 1.08 bits per heavy atom. The van der Waals surface area contributed by atoms with E-state index < -0.39 is 0 Å². The van der Waals surface area contributed by atoms with E-state index in [1.807, 2.05) is 42.5 Å². The lowest BCUT2D eigenvalue weighted by Crippen LogP contribution is -2.14. The number of hydrogen-bond acceptors (Lipinski definition) is 4. The molecule has 0 aliphatic heterocycles. The van der Waals surface area contributed by atoms with Crippen molar-refractivity contribution in [2.75, 3.05) is 10.6 Å². The zero-order valence-electron chi connectivity index (χ0n) is 14.9. The first kappa shape index (κ1) is 17.6. The van der Waals surface area contributed by atoms with E-state index in [0.717, 1.165) is 22.6 Å². The zero-order valence-corrected chi connectivity index (χ0v) is 14.9. The fourth-order valence-electron chi connectivity index (χ4n) is 2.66. The van der Waals surface area contributed by atoms with Crippen LogP contribution in [-0.4, -0.2) is 15.9 Å². The van der Waals surface area contributed by atoms with Gasteiger partial charge in [-0.2, -0.15) is 0 Å². The van der Waals surface area contributed by atoms with Gasteiger partial charge >= 0.3 is 0 Å². The first-order valence-electron chi connectivity index (χ1n) is 8.62. The third-order valence-corrected chi connectivity index (χ3v) is 4.03. The van der Waals surface area contributed by atoms with Gasteiger partial charge in [0.2, 0.25) is 0 Å². The quantitative estimate of drug-likeness (QED) is 0.691. The van der Waals surface area contributed by atoms with Crippen molar-refractivity contribution in [1.29, 1.82) is 0 Å². The van der Waals surface area contributed by atoms with Gasteiger partial charge in [0, 0.05) is 24.3 Å². The summed E-state index contributed by atoms with van der Waals surface area (Å²) in [5, 5.41) is 6.23. The molecule has 0 bridgehead atoms. The van der Waals surface area contributed by atoms with Gasteiger partial charge in [0.15, 0.2) is 0 Å². The van der Waals surface area contributed by atoms with Crippen LogP contribution in [-0.2, 0) is 6.54 Å². The minimum absolute atomic E-state index is 0.174. The number of pyridine rings is 2. The number of hydrogen-bond donors (Lipinski definition) is 2. The lowest BCUT2D eigenvalue weighted by atomic mass is 10.0. The molecule has 2 aromatic heterocycles. The van der Waals surface area contributed by atoms with E-state index in [2.05, 4.69) is 34.4 Å². The summed E-state index contributed by atoms with van der Waals surface area (Å²) in [6.07, 6.45) is 5.02. The molecule has 3 rings (SSSR count). The number of benzene rings is 1. The highest BCUT2D eigenvalue weighted by atomic mass is 16.1. The molecular weight excluding hydrogens is 324 g/mol. The monoisotopic (exact) mass is 346 g/mol. The summed E-state index contributed by atoms with van der Waals surface area (Å²) < 4.78 is 0. The van der Waals surface area contributed by atoms with Crippen LogP contribution in [0.3, 0.4) is 0 Å². The van der Waals surface area contributed by atoms with Gasteiger partial charge in [-0.25, -0.2) is 0 Å². The number of nitrogens with one attached hydrogen (secondary N) is 2. The molecule has 0 saturated carbocycles. The molecule has 0 unspecified atom stereocenters. The van der Waals surface area contributed by atoms with Gasteiger partial charge < -0.3 is 10.6 Å². The maximum Gasteiger partial charge on any atom is 0.257 e. The molecule has 2 heterocycles. The molecule has 26 heavy (non-hydrogen) atoms. The predicted octanol–water partition coefficient (Wildman–Crippen LogP) is 4.46. The van der Waals surface area contributed by atoms with Gasteiger partial charge in [-0.3, -0.25) is 14.8 Å². The van der Waals surface area contributed by atoms with Crippen molar-refractivity contribution in [3.63, 3.8) is 0 Å². The highest BCUT2D eigenvalue weighted by molar-refractivity contribution is 6.05. The van der Waals surface area contributed by atoms with Crippen LogP contribution in [0.4, 0.5) is 11.4 Å². The number of nitrogens with zero attached hydrogens (tertiary/aromatic N) is 2. The molecule has 1 aromatic carbocycles.